The number of H-pyrrole nitrogens is 2. The highest BCUT2D eigenvalue weighted by molar-refractivity contribution is 6.30. The molecule has 1 aromatic carbocycles. The van der Waals surface area contributed by atoms with E-state index in [9.17, 15) is 9.18 Å². The summed E-state index contributed by atoms with van der Waals surface area (Å²) in [4.78, 5) is 22.7. The Bertz CT molecular complexity index is 1220. The molecule has 1 saturated heterocycles. The van der Waals surface area contributed by atoms with Gasteiger partial charge in [0.1, 0.15) is 17.2 Å². The van der Waals surface area contributed by atoms with Crippen molar-refractivity contribution in [3.63, 3.8) is 0 Å². The molecular weight excluding hydrogens is 409 g/mol. The second-order valence-electron chi connectivity index (χ2n) is 7.07. The average molecular weight is 426 g/mol. The lowest BCUT2D eigenvalue weighted by Gasteiger charge is -2.35. The van der Waals surface area contributed by atoms with E-state index in [-0.39, 0.29) is 17.0 Å². The normalized spacial score (nSPS) is 16.9. The summed E-state index contributed by atoms with van der Waals surface area (Å²) in [5.41, 5.74) is 3.39. The fraction of sp³-hybridized carbons (Fsp3) is 0.190. The lowest BCUT2D eigenvalue weighted by molar-refractivity contribution is -0.00297. The number of halogens is 2. The van der Waals surface area contributed by atoms with E-state index in [0.29, 0.717) is 31.1 Å². The maximum Gasteiger partial charge on any atom is 0.271 e. The fourth-order valence-corrected chi connectivity index (χ4v) is 3.86. The lowest BCUT2D eigenvalue weighted by Crippen LogP contribution is -2.43. The number of hydrogen-bond donors (Lipinski definition) is 2. The van der Waals surface area contributed by atoms with Crippen LogP contribution in [-0.4, -0.2) is 50.7 Å². The van der Waals surface area contributed by atoms with Crippen LogP contribution in [0, 0.1) is 5.82 Å². The smallest absolute Gasteiger partial charge is 0.271 e. The molecule has 7 nitrogen and oxygen atoms in total. The second kappa shape index (κ2) is 7.55. The summed E-state index contributed by atoms with van der Waals surface area (Å²) >= 11 is 5.95. The van der Waals surface area contributed by atoms with E-state index in [1.54, 1.807) is 35.5 Å². The molecule has 152 valence electrons. The SMILES string of the molecule is O=C(c1cc2ccc(-c3cn[nH]c3)nc2[nH]1)N1CCOCC1c1ccc(F)c(Cl)c1. The van der Waals surface area contributed by atoms with E-state index in [2.05, 4.69) is 20.2 Å². The first kappa shape index (κ1) is 18.8. The molecule has 0 aliphatic carbocycles. The third-order valence-corrected chi connectivity index (χ3v) is 5.51. The minimum absolute atomic E-state index is 0.0204. The van der Waals surface area contributed by atoms with Crippen LogP contribution in [0.3, 0.4) is 0 Å². The zero-order valence-corrected chi connectivity index (χ0v) is 16.5. The molecule has 1 amide bonds. The van der Waals surface area contributed by atoms with Gasteiger partial charge in [-0.2, -0.15) is 5.10 Å². The van der Waals surface area contributed by atoms with Crippen LogP contribution in [0.25, 0.3) is 22.3 Å². The first-order valence-electron chi connectivity index (χ1n) is 9.43. The molecule has 1 aliphatic rings. The molecule has 30 heavy (non-hydrogen) atoms. The maximum absolute atomic E-state index is 13.6. The third kappa shape index (κ3) is 3.34. The molecule has 1 atom stereocenters. The number of amides is 1. The summed E-state index contributed by atoms with van der Waals surface area (Å²) < 4.78 is 19.2. The number of carbonyl (C=O) groups excluding carboxylic acids is 1. The Morgan fingerprint density at radius 2 is 2.17 bits per heavy atom. The topological polar surface area (TPSA) is 86.9 Å². The molecule has 1 fully saturated rings. The molecule has 5 rings (SSSR count). The highest BCUT2D eigenvalue weighted by Gasteiger charge is 2.30. The van der Waals surface area contributed by atoms with E-state index in [1.165, 1.54) is 6.07 Å². The molecule has 0 bridgehead atoms. The van der Waals surface area contributed by atoms with Gasteiger partial charge in [0.05, 0.1) is 36.2 Å². The molecule has 1 unspecified atom stereocenters. The monoisotopic (exact) mass is 425 g/mol. The Hall–Kier alpha value is -3.23. The number of pyridine rings is 1. The van der Waals surface area contributed by atoms with Crippen LogP contribution < -0.4 is 0 Å². The molecule has 4 heterocycles. The van der Waals surface area contributed by atoms with Crippen LogP contribution >= 0.6 is 11.6 Å². The number of aromatic amines is 2. The molecule has 3 aromatic heterocycles. The highest BCUT2D eigenvalue weighted by Crippen LogP contribution is 2.29. The number of nitrogens with one attached hydrogen (secondary N) is 2. The number of fused-ring (bicyclic) bond motifs is 1. The van der Waals surface area contributed by atoms with Crippen molar-refractivity contribution in [2.45, 2.75) is 6.04 Å². The van der Waals surface area contributed by atoms with Crippen molar-refractivity contribution >= 4 is 28.5 Å². The number of aromatic nitrogens is 4. The molecule has 4 aromatic rings. The number of morpholine rings is 1. The van der Waals surface area contributed by atoms with Gasteiger partial charge in [0, 0.05) is 23.7 Å². The molecule has 1 aliphatic heterocycles. The number of rotatable bonds is 3. The Kier molecular flexibility index (Phi) is 4.72. The number of carbonyl (C=O) groups is 1. The van der Waals surface area contributed by atoms with E-state index in [0.717, 1.165) is 22.2 Å². The predicted molar refractivity (Wildman–Crippen MR) is 110 cm³/mol. The van der Waals surface area contributed by atoms with Gasteiger partial charge < -0.3 is 14.6 Å². The summed E-state index contributed by atoms with van der Waals surface area (Å²) in [5, 5.41) is 7.56. The van der Waals surface area contributed by atoms with Gasteiger partial charge in [-0.1, -0.05) is 17.7 Å². The average Bonchev–Trinajstić information content (AvgIpc) is 3.44. The number of benzene rings is 1. The van der Waals surface area contributed by atoms with Gasteiger partial charge in [-0.25, -0.2) is 9.37 Å². The van der Waals surface area contributed by atoms with Crippen molar-refractivity contribution in [3.8, 4) is 11.3 Å². The highest BCUT2D eigenvalue weighted by atomic mass is 35.5. The number of nitrogens with zero attached hydrogens (tertiary/aromatic N) is 3. The zero-order chi connectivity index (χ0) is 20.7. The number of hydrogen-bond acceptors (Lipinski definition) is 4. The summed E-state index contributed by atoms with van der Waals surface area (Å²) in [5.74, 6) is -0.670. The van der Waals surface area contributed by atoms with Gasteiger partial charge in [-0.3, -0.25) is 9.89 Å². The molecule has 2 N–H and O–H groups in total. The minimum atomic E-state index is -0.495. The van der Waals surface area contributed by atoms with Crippen molar-refractivity contribution < 1.29 is 13.9 Å². The Morgan fingerprint density at radius 1 is 1.27 bits per heavy atom. The van der Waals surface area contributed by atoms with Gasteiger partial charge in [0.15, 0.2) is 0 Å². The van der Waals surface area contributed by atoms with Crippen molar-refractivity contribution in [2.75, 3.05) is 19.8 Å². The molecule has 0 spiro atoms. The number of ether oxygens (including phenoxy) is 1. The van der Waals surface area contributed by atoms with E-state index in [4.69, 9.17) is 16.3 Å². The quantitative estimate of drug-likeness (QED) is 0.520. The predicted octanol–water partition coefficient (Wildman–Crippen LogP) is 3.96. The summed E-state index contributed by atoms with van der Waals surface area (Å²) in [6.45, 7) is 1.17. The van der Waals surface area contributed by atoms with Crippen LogP contribution in [0.4, 0.5) is 4.39 Å². The summed E-state index contributed by atoms with van der Waals surface area (Å²) in [7, 11) is 0. The van der Waals surface area contributed by atoms with E-state index in [1.807, 2.05) is 12.1 Å². The molecular formula is C21H17ClFN5O2. The third-order valence-electron chi connectivity index (χ3n) is 5.22. The van der Waals surface area contributed by atoms with Crippen LogP contribution in [-0.2, 0) is 4.74 Å². The Labute approximate surface area is 175 Å². The van der Waals surface area contributed by atoms with Gasteiger partial charge in [0.25, 0.3) is 5.91 Å². The first-order valence-corrected chi connectivity index (χ1v) is 9.80. The van der Waals surface area contributed by atoms with Crippen LogP contribution in [0.1, 0.15) is 22.1 Å². The molecule has 0 radical (unpaired) electrons. The Balaban J connectivity index is 1.47. The summed E-state index contributed by atoms with van der Waals surface area (Å²) in [6, 6.07) is 9.70. The maximum atomic E-state index is 13.6. The largest absolute Gasteiger partial charge is 0.377 e. The Morgan fingerprint density at radius 3 is 2.97 bits per heavy atom. The standard InChI is InChI=1S/C21H17ClFN5O2/c22-15-7-12(1-3-16(15)23)19-11-30-6-5-28(19)21(29)18-8-13-2-4-17(26-20(13)27-18)14-9-24-25-10-14/h1-4,7-10,19H,5-6,11H2,(H,24,25)(H,26,27). The fourth-order valence-electron chi connectivity index (χ4n) is 3.67. The van der Waals surface area contributed by atoms with Crippen molar-refractivity contribution in [3.05, 3.63) is 70.9 Å². The van der Waals surface area contributed by atoms with Crippen LogP contribution in [0.5, 0.6) is 0 Å². The van der Waals surface area contributed by atoms with Crippen molar-refractivity contribution in [1.82, 2.24) is 25.1 Å². The molecule has 0 saturated carbocycles. The van der Waals surface area contributed by atoms with Gasteiger partial charge in [-0.15, -0.1) is 0 Å². The molecule has 9 heteroatoms. The minimum Gasteiger partial charge on any atom is -0.377 e. The second-order valence-corrected chi connectivity index (χ2v) is 7.47. The van der Waals surface area contributed by atoms with Crippen LogP contribution in [0.2, 0.25) is 5.02 Å². The lowest BCUT2D eigenvalue weighted by atomic mass is 10.0. The van der Waals surface area contributed by atoms with Crippen molar-refractivity contribution in [2.24, 2.45) is 0 Å². The first-order chi connectivity index (χ1) is 14.6. The van der Waals surface area contributed by atoms with Gasteiger partial charge in [0.2, 0.25) is 0 Å². The van der Waals surface area contributed by atoms with Crippen LogP contribution in [0.15, 0.2) is 48.8 Å². The van der Waals surface area contributed by atoms with E-state index >= 15 is 0 Å². The summed E-state index contributed by atoms with van der Waals surface area (Å²) in [6.07, 6.45) is 3.45. The van der Waals surface area contributed by atoms with Gasteiger partial charge >= 0.3 is 0 Å². The van der Waals surface area contributed by atoms with Gasteiger partial charge in [-0.05, 0) is 35.9 Å². The van der Waals surface area contributed by atoms with Crippen molar-refractivity contribution in [1.29, 1.82) is 0 Å². The van der Waals surface area contributed by atoms with E-state index < -0.39 is 5.82 Å². The zero-order valence-electron chi connectivity index (χ0n) is 15.7.